The maximum atomic E-state index is 14.4. The second-order valence-corrected chi connectivity index (χ2v) is 16.1. The standard InChI is InChI=1S/C42H58FN7O6/c1-7-49(29(2)3)40(51)32-25-30(43)12-13-35(32)55-37-26-44-27-46-39(37)48-21-15-31(16-22-48)54-36-14-18-45-33-17-23-50(41(52)56-42(4,5)6)34(38(33)36)11-10-20-47-19-8-9-24-53-28-47/h12-14,18,25-27,29,31,34H,7-11,15-17,19-24,28H2,1-6H3. The van der Waals surface area contributed by atoms with E-state index in [0.717, 1.165) is 62.4 Å². The van der Waals surface area contributed by atoms with E-state index in [1.807, 2.05) is 52.5 Å². The Bertz CT molecular complexity index is 1790. The van der Waals surface area contributed by atoms with Crippen LogP contribution in [0.1, 0.15) is 108 Å². The average Bonchev–Trinajstić information content (AvgIpc) is 3.44. The molecule has 3 aliphatic heterocycles. The number of carbonyl (C=O) groups excluding carboxylic acids is 2. The van der Waals surface area contributed by atoms with Crippen molar-refractivity contribution in [3.05, 3.63) is 65.6 Å². The van der Waals surface area contributed by atoms with E-state index in [1.54, 1.807) is 17.3 Å². The van der Waals surface area contributed by atoms with Crippen molar-refractivity contribution in [2.75, 3.05) is 57.5 Å². The maximum absolute atomic E-state index is 14.4. The number of benzene rings is 1. The summed E-state index contributed by atoms with van der Waals surface area (Å²) in [4.78, 5) is 48.7. The van der Waals surface area contributed by atoms with E-state index in [-0.39, 0.29) is 41.5 Å². The topological polar surface area (TPSA) is 123 Å². The molecule has 1 unspecified atom stereocenters. The maximum Gasteiger partial charge on any atom is 0.410 e. The third kappa shape index (κ3) is 10.2. The number of hydrogen-bond acceptors (Lipinski definition) is 11. The van der Waals surface area contributed by atoms with E-state index in [1.165, 1.54) is 24.5 Å². The van der Waals surface area contributed by atoms with Crippen LogP contribution >= 0.6 is 0 Å². The number of pyridine rings is 1. The first-order valence-electron chi connectivity index (χ1n) is 20.2. The second-order valence-electron chi connectivity index (χ2n) is 16.1. The number of anilines is 1. The van der Waals surface area contributed by atoms with Gasteiger partial charge in [-0.15, -0.1) is 0 Å². The number of rotatable bonds is 12. The van der Waals surface area contributed by atoms with Gasteiger partial charge < -0.3 is 33.6 Å². The minimum absolute atomic E-state index is 0.0696. The Balaban J connectivity index is 1.17. The number of carbonyl (C=O) groups is 2. The highest BCUT2D eigenvalue weighted by Crippen LogP contribution is 2.41. The van der Waals surface area contributed by atoms with Gasteiger partial charge in [-0.25, -0.2) is 19.2 Å². The molecule has 5 heterocycles. The zero-order valence-corrected chi connectivity index (χ0v) is 33.8. The van der Waals surface area contributed by atoms with Crippen molar-refractivity contribution >= 4 is 17.8 Å². The number of ether oxygens (including phenoxy) is 4. The fraction of sp³-hybridized carbons (Fsp3) is 0.595. The Morgan fingerprint density at radius 1 is 1.04 bits per heavy atom. The third-order valence-electron chi connectivity index (χ3n) is 10.5. The highest BCUT2D eigenvalue weighted by atomic mass is 19.1. The second kappa shape index (κ2) is 18.6. The summed E-state index contributed by atoms with van der Waals surface area (Å²) >= 11 is 0. The zero-order valence-electron chi connectivity index (χ0n) is 33.8. The molecule has 1 aromatic carbocycles. The molecule has 304 valence electrons. The first kappa shape index (κ1) is 41.1. The van der Waals surface area contributed by atoms with Crippen LogP contribution in [0.4, 0.5) is 15.0 Å². The van der Waals surface area contributed by atoms with Crippen molar-refractivity contribution in [1.29, 1.82) is 0 Å². The van der Waals surface area contributed by atoms with Gasteiger partial charge in [0.1, 0.15) is 35.3 Å². The first-order chi connectivity index (χ1) is 26.9. The minimum Gasteiger partial charge on any atom is -0.490 e. The van der Waals surface area contributed by atoms with E-state index in [0.29, 0.717) is 63.7 Å². The molecule has 0 saturated carbocycles. The number of amides is 2. The molecule has 0 radical (unpaired) electrons. The lowest BCUT2D eigenvalue weighted by molar-refractivity contribution is 0.0110. The van der Waals surface area contributed by atoms with Gasteiger partial charge in [0, 0.05) is 82.9 Å². The number of nitrogens with zero attached hydrogens (tertiary/aromatic N) is 7. The van der Waals surface area contributed by atoms with Gasteiger partial charge in [-0.1, -0.05) is 0 Å². The fourth-order valence-corrected chi connectivity index (χ4v) is 7.77. The molecule has 2 fully saturated rings. The molecule has 56 heavy (non-hydrogen) atoms. The number of hydrogen-bond donors (Lipinski definition) is 0. The van der Waals surface area contributed by atoms with Crippen LogP contribution in [-0.4, -0.2) is 112 Å². The predicted octanol–water partition coefficient (Wildman–Crippen LogP) is 7.41. The molecule has 1 atom stereocenters. The molecular weight excluding hydrogens is 718 g/mol. The van der Waals surface area contributed by atoms with E-state index >= 15 is 0 Å². The lowest BCUT2D eigenvalue weighted by atomic mass is 9.92. The quantitative estimate of drug-likeness (QED) is 0.183. The van der Waals surface area contributed by atoms with Gasteiger partial charge in [0.05, 0.1) is 30.2 Å². The monoisotopic (exact) mass is 775 g/mol. The van der Waals surface area contributed by atoms with Crippen LogP contribution in [0.5, 0.6) is 17.2 Å². The van der Waals surface area contributed by atoms with Crippen molar-refractivity contribution in [2.24, 2.45) is 0 Å². The molecule has 13 nitrogen and oxygen atoms in total. The lowest BCUT2D eigenvalue weighted by Crippen LogP contribution is -2.44. The third-order valence-corrected chi connectivity index (χ3v) is 10.5. The molecule has 3 aliphatic rings. The fourth-order valence-electron chi connectivity index (χ4n) is 7.77. The summed E-state index contributed by atoms with van der Waals surface area (Å²) in [7, 11) is 0. The van der Waals surface area contributed by atoms with Crippen molar-refractivity contribution < 1.29 is 32.9 Å². The van der Waals surface area contributed by atoms with Crippen molar-refractivity contribution in [3.63, 3.8) is 0 Å². The van der Waals surface area contributed by atoms with Crippen LogP contribution in [0.2, 0.25) is 0 Å². The molecular formula is C42H58FN7O6. The highest BCUT2D eigenvalue weighted by Gasteiger charge is 2.37. The Morgan fingerprint density at radius 2 is 1.84 bits per heavy atom. The van der Waals surface area contributed by atoms with Crippen molar-refractivity contribution in [1.82, 2.24) is 29.7 Å². The van der Waals surface area contributed by atoms with Crippen molar-refractivity contribution in [2.45, 2.75) is 110 Å². The molecule has 2 aromatic heterocycles. The van der Waals surface area contributed by atoms with Crippen LogP contribution in [-0.2, 0) is 15.9 Å². The van der Waals surface area contributed by atoms with Gasteiger partial charge in [0.2, 0.25) is 0 Å². The normalized spacial score (nSPS) is 18.3. The van der Waals surface area contributed by atoms with Gasteiger partial charge in [0.25, 0.3) is 5.91 Å². The van der Waals surface area contributed by atoms with Crippen LogP contribution in [0, 0.1) is 5.82 Å². The van der Waals surface area contributed by atoms with Gasteiger partial charge >= 0.3 is 6.09 Å². The summed E-state index contributed by atoms with van der Waals surface area (Å²) in [6.07, 6.45) is 10.3. The number of piperidine rings is 1. The Hall–Kier alpha value is -4.56. The van der Waals surface area contributed by atoms with E-state index in [4.69, 9.17) is 23.9 Å². The first-order valence-corrected chi connectivity index (χ1v) is 20.2. The molecule has 0 spiro atoms. The number of halogens is 1. The summed E-state index contributed by atoms with van der Waals surface area (Å²) in [6, 6.07) is 5.60. The molecule has 14 heteroatoms. The van der Waals surface area contributed by atoms with Crippen molar-refractivity contribution in [3.8, 4) is 17.2 Å². The van der Waals surface area contributed by atoms with E-state index in [9.17, 15) is 14.0 Å². The van der Waals surface area contributed by atoms with Gasteiger partial charge in [-0.3, -0.25) is 14.7 Å². The largest absolute Gasteiger partial charge is 0.490 e. The predicted molar refractivity (Wildman–Crippen MR) is 211 cm³/mol. The zero-order chi connectivity index (χ0) is 39.8. The summed E-state index contributed by atoms with van der Waals surface area (Å²) < 4.78 is 39.3. The Morgan fingerprint density at radius 3 is 2.59 bits per heavy atom. The van der Waals surface area contributed by atoms with Crippen LogP contribution in [0.25, 0.3) is 0 Å². The lowest BCUT2D eigenvalue weighted by Gasteiger charge is -2.39. The molecule has 6 rings (SSSR count). The highest BCUT2D eigenvalue weighted by molar-refractivity contribution is 5.97. The molecule has 2 saturated heterocycles. The van der Waals surface area contributed by atoms with Crippen LogP contribution < -0.4 is 14.4 Å². The Labute approximate surface area is 330 Å². The Kier molecular flexibility index (Phi) is 13.6. The minimum atomic E-state index is -0.620. The van der Waals surface area contributed by atoms with Gasteiger partial charge in [-0.05, 0) is 91.5 Å². The van der Waals surface area contributed by atoms with Crippen LogP contribution in [0.3, 0.4) is 0 Å². The molecule has 0 bridgehead atoms. The SMILES string of the molecule is CCN(C(=O)c1cc(F)ccc1Oc1cncnc1N1CCC(Oc2ccnc3c2C(CCCN2CCCCOC2)N(C(=O)OC(C)(C)C)CC3)CC1)C(C)C. The number of aromatic nitrogens is 3. The summed E-state index contributed by atoms with van der Waals surface area (Å²) in [5.74, 6) is 1.13. The number of fused-ring (bicyclic) bond motifs is 1. The molecule has 2 amide bonds. The average molecular weight is 776 g/mol. The smallest absolute Gasteiger partial charge is 0.410 e. The molecule has 0 N–H and O–H groups in total. The van der Waals surface area contributed by atoms with Crippen LogP contribution in [0.15, 0.2) is 43.0 Å². The molecule has 0 aliphatic carbocycles. The van der Waals surface area contributed by atoms with E-state index in [2.05, 4.69) is 19.8 Å². The summed E-state index contributed by atoms with van der Waals surface area (Å²) in [5, 5.41) is 0. The van der Waals surface area contributed by atoms with Gasteiger partial charge in [0.15, 0.2) is 11.6 Å². The summed E-state index contributed by atoms with van der Waals surface area (Å²) in [5.41, 5.74) is 1.45. The van der Waals surface area contributed by atoms with E-state index < -0.39 is 11.4 Å². The molecule has 3 aromatic rings. The van der Waals surface area contributed by atoms with Gasteiger partial charge in [-0.2, -0.15) is 0 Å². The summed E-state index contributed by atoms with van der Waals surface area (Å²) in [6.45, 7) is 17.0.